The average molecular weight is 314 g/mol. The number of amides is 1. The van der Waals surface area contributed by atoms with E-state index in [2.05, 4.69) is 39.5 Å². The molecule has 7 nitrogen and oxygen atoms in total. The summed E-state index contributed by atoms with van der Waals surface area (Å²) in [6.45, 7) is 7.88. The third-order valence-corrected chi connectivity index (χ3v) is 4.25. The van der Waals surface area contributed by atoms with Crippen LogP contribution in [0.25, 0.3) is 5.95 Å². The van der Waals surface area contributed by atoms with Crippen LogP contribution in [0.2, 0.25) is 0 Å². The molecule has 3 heterocycles. The lowest BCUT2D eigenvalue weighted by Gasteiger charge is -2.31. The van der Waals surface area contributed by atoms with E-state index in [1.807, 2.05) is 13.0 Å². The van der Waals surface area contributed by atoms with Gasteiger partial charge in [0.05, 0.1) is 5.69 Å². The van der Waals surface area contributed by atoms with Crippen LogP contribution in [0.5, 0.6) is 0 Å². The third kappa shape index (κ3) is 3.24. The standard InChI is InChI=1S/C16H22N6O/c1-10(2)13-7-14(20-15(23)11(3)12-8-17-9-12)22(21-13)16-18-5-4-6-19-16/h4-7,10-12,17H,8-9H2,1-3H3,(H,20,23). The SMILES string of the molecule is CC(C)c1cc(NC(=O)C(C)C2CNC2)n(-c2ncccn2)n1. The van der Waals surface area contributed by atoms with Crippen molar-refractivity contribution in [1.82, 2.24) is 25.1 Å². The van der Waals surface area contributed by atoms with Crippen molar-refractivity contribution in [3.8, 4) is 5.95 Å². The van der Waals surface area contributed by atoms with E-state index < -0.39 is 0 Å². The Labute approximate surface area is 135 Å². The molecule has 1 atom stereocenters. The molecule has 1 saturated heterocycles. The van der Waals surface area contributed by atoms with Crippen LogP contribution in [-0.4, -0.2) is 38.7 Å². The van der Waals surface area contributed by atoms with Crippen LogP contribution < -0.4 is 10.6 Å². The van der Waals surface area contributed by atoms with Gasteiger partial charge in [0.1, 0.15) is 5.82 Å². The predicted octanol–water partition coefficient (Wildman–Crippen LogP) is 1.58. The average Bonchev–Trinajstić information content (AvgIpc) is 2.90. The molecule has 0 spiro atoms. The molecule has 1 fully saturated rings. The van der Waals surface area contributed by atoms with Gasteiger partial charge in [-0.1, -0.05) is 20.8 Å². The van der Waals surface area contributed by atoms with E-state index in [0.717, 1.165) is 18.8 Å². The van der Waals surface area contributed by atoms with Crippen LogP contribution in [-0.2, 0) is 4.79 Å². The van der Waals surface area contributed by atoms with Gasteiger partial charge in [-0.3, -0.25) is 4.79 Å². The molecule has 2 aromatic heterocycles. The maximum atomic E-state index is 12.5. The Bertz CT molecular complexity index is 677. The second-order valence-corrected chi connectivity index (χ2v) is 6.27. The zero-order valence-electron chi connectivity index (χ0n) is 13.7. The molecule has 1 aliphatic heterocycles. The number of hydrogen-bond acceptors (Lipinski definition) is 5. The van der Waals surface area contributed by atoms with Gasteiger partial charge < -0.3 is 10.6 Å². The van der Waals surface area contributed by atoms with Crippen molar-refractivity contribution in [2.24, 2.45) is 11.8 Å². The summed E-state index contributed by atoms with van der Waals surface area (Å²) < 4.78 is 1.60. The second kappa shape index (κ2) is 6.45. The van der Waals surface area contributed by atoms with Crippen LogP contribution in [0.4, 0.5) is 5.82 Å². The summed E-state index contributed by atoms with van der Waals surface area (Å²) in [6, 6.07) is 3.64. The summed E-state index contributed by atoms with van der Waals surface area (Å²) >= 11 is 0. The number of carbonyl (C=O) groups excluding carboxylic acids is 1. The molecule has 23 heavy (non-hydrogen) atoms. The van der Waals surface area contributed by atoms with Gasteiger partial charge >= 0.3 is 0 Å². The topological polar surface area (TPSA) is 84.7 Å². The molecule has 0 bridgehead atoms. The van der Waals surface area contributed by atoms with Gasteiger partial charge in [-0.05, 0) is 31.0 Å². The first-order valence-electron chi connectivity index (χ1n) is 7.95. The molecule has 2 aromatic rings. The molecule has 2 N–H and O–H groups in total. The smallest absolute Gasteiger partial charge is 0.252 e. The van der Waals surface area contributed by atoms with E-state index in [1.165, 1.54) is 0 Å². The van der Waals surface area contributed by atoms with Crippen molar-refractivity contribution in [2.45, 2.75) is 26.7 Å². The van der Waals surface area contributed by atoms with Crippen LogP contribution in [0.3, 0.4) is 0 Å². The highest BCUT2D eigenvalue weighted by Gasteiger charge is 2.29. The van der Waals surface area contributed by atoms with Gasteiger partial charge in [-0.2, -0.15) is 9.78 Å². The number of hydrogen-bond donors (Lipinski definition) is 2. The van der Waals surface area contributed by atoms with Crippen molar-refractivity contribution in [2.75, 3.05) is 18.4 Å². The first-order valence-corrected chi connectivity index (χ1v) is 7.95. The summed E-state index contributed by atoms with van der Waals surface area (Å²) in [5, 5.41) is 10.7. The van der Waals surface area contributed by atoms with Gasteiger partial charge in [0.25, 0.3) is 5.95 Å². The van der Waals surface area contributed by atoms with Gasteiger partial charge in [-0.15, -0.1) is 0 Å². The molecule has 0 radical (unpaired) electrons. The minimum absolute atomic E-state index is 0.00360. The molecule has 1 amide bonds. The molecule has 7 heteroatoms. The zero-order valence-corrected chi connectivity index (χ0v) is 13.7. The van der Waals surface area contributed by atoms with Crippen LogP contribution in [0.15, 0.2) is 24.5 Å². The third-order valence-electron chi connectivity index (χ3n) is 4.25. The number of rotatable bonds is 5. The minimum Gasteiger partial charge on any atom is -0.316 e. The number of nitrogens with zero attached hydrogens (tertiary/aromatic N) is 4. The van der Waals surface area contributed by atoms with Crippen molar-refractivity contribution in [3.63, 3.8) is 0 Å². The van der Waals surface area contributed by atoms with Gasteiger partial charge in [0, 0.05) is 24.4 Å². The van der Waals surface area contributed by atoms with E-state index in [1.54, 1.807) is 23.1 Å². The first kappa shape index (κ1) is 15.6. The van der Waals surface area contributed by atoms with E-state index in [9.17, 15) is 4.79 Å². The number of anilines is 1. The first-order chi connectivity index (χ1) is 11.1. The number of carbonyl (C=O) groups is 1. The maximum absolute atomic E-state index is 12.5. The van der Waals surface area contributed by atoms with E-state index >= 15 is 0 Å². The Morgan fingerprint density at radius 2 is 2.00 bits per heavy atom. The summed E-state index contributed by atoms with van der Waals surface area (Å²) in [6.07, 6.45) is 3.32. The second-order valence-electron chi connectivity index (χ2n) is 6.27. The van der Waals surface area contributed by atoms with Gasteiger partial charge in [-0.25, -0.2) is 9.97 Å². The van der Waals surface area contributed by atoms with Crippen molar-refractivity contribution >= 4 is 11.7 Å². The molecule has 0 saturated carbocycles. The largest absolute Gasteiger partial charge is 0.316 e. The lowest BCUT2D eigenvalue weighted by atomic mass is 9.88. The van der Waals surface area contributed by atoms with Gasteiger partial charge in [0.2, 0.25) is 5.91 Å². The van der Waals surface area contributed by atoms with Crippen molar-refractivity contribution < 1.29 is 4.79 Å². The summed E-state index contributed by atoms with van der Waals surface area (Å²) in [7, 11) is 0. The van der Waals surface area contributed by atoms with E-state index in [-0.39, 0.29) is 17.7 Å². The molecule has 0 aromatic carbocycles. The number of aromatic nitrogens is 4. The fourth-order valence-corrected chi connectivity index (χ4v) is 2.44. The highest BCUT2D eigenvalue weighted by Crippen LogP contribution is 2.23. The quantitative estimate of drug-likeness (QED) is 0.875. The lowest BCUT2D eigenvalue weighted by Crippen LogP contribution is -2.48. The molecule has 1 unspecified atom stereocenters. The summed E-state index contributed by atoms with van der Waals surface area (Å²) in [4.78, 5) is 20.9. The molecule has 1 aliphatic rings. The molecule has 0 aliphatic carbocycles. The fraction of sp³-hybridized carbons (Fsp3) is 0.500. The minimum atomic E-state index is -0.0428. The fourth-order valence-electron chi connectivity index (χ4n) is 2.44. The lowest BCUT2D eigenvalue weighted by molar-refractivity contribution is -0.121. The summed E-state index contributed by atoms with van der Waals surface area (Å²) in [5.41, 5.74) is 0.894. The van der Waals surface area contributed by atoms with Crippen LogP contribution in [0, 0.1) is 11.8 Å². The number of nitrogens with one attached hydrogen (secondary N) is 2. The molecular weight excluding hydrogens is 292 g/mol. The Morgan fingerprint density at radius 3 is 2.57 bits per heavy atom. The normalized spacial score (nSPS) is 16.2. The van der Waals surface area contributed by atoms with Crippen molar-refractivity contribution in [1.29, 1.82) is 0 Å². The van der Waals surface area contributed by atoms with Gasteiger partial charge in [0.15, 0.2) is 0 Å². The molecular formula is C16H22N6O. The van der Waals surface area contributed by atoms with Crippen LogP contribution in [0.1, 0.15) is 32.4 Å². The Hall–Kier alpha value is -2.28. The Kier molecular flexibility index (Phi) is 4.38. The van der Waals surface area contributed by atoms with E-state index in [4.69, 9.17) is 0 Å². The summed E-state index contributed by atoms with van der Waals surface area (Å²) in [5.74, 6) is 1.67. The Morgan fingerprint density at radius 1 is 1.30 bits per heavy atom. The van der Waals surface area contributed by atoms with Crippen LogP contribution >= 0.6 is 0 Å². The monoisotopic (exact) mass is 314 g/mol. The molecule has 122 valence electrons. The van der Waals surface area contributed by atoms with E-state index in [0.29, 0.717) is 17.7 Å². The highest BCUT2D eigenvalue weighted by atomic mass is 16.2. The zero-order chi connectivity index (χ0) is 16.4. The maximum Gasteiger partial charge on any atom is 0.252 e. The molecule has 3 rings (SSSR count). The van der Waals surface area contributed by atoms with Crippen molar-refractivity contribution in [3.05, 3.63) is 30.2 Å². The predicted molar refractivity (Wildman–Crippen MR) is 87.4 cm³/mol. The highest BCUT2D eigenvalue weighted by molar-refractivity contribution is 5.92. The Balaban J connectivity index is 1.86.